The van der Waals surface area contributed by atoms with Crippen LogP contribution in [0, 0.1) is 26.7 Å². The Labute approximate surface area is 95.3 Å². The Morgan fingerprint density at radius 3 is 2.56 bits per heavy atom. The van der Waals surface area contributed by atoms with E-state index in [2.05, 4.69) is 5.10 Å². The van der Waals surface area contributed by atoms with Crippen molar-refractivity contribution in [3.05, 3.63) is 17.0 Å². The summed E-state index contributed by atoms with van der Waals surface area (Å²) in [7, 11) is 0. The fourth-order valence-corrected chi connectivity index (χ4v) is 2.59. The van der Waals surface area contributed by atoms with Crippen LogP contribution in [0.5, 0.6) is 0 Å². The summed E-state index contributed by atoms with van der Waals surface area (Å²) in [4.78, 5) is 11.1. The van der Waals surface area contributed by atoms with E-state index in [-0.39, 0.29) is 12.0 Å². The van der Waals surface area contributed by atoms with Crippen molar-refractivity contribution in [2.75, 3.05) is 0 Å². The Bertz CT molecular complexity index is 423. The molecule has 0 spiro atoms. The van der Waals surface area contributed by atoms with E-state index in [1.165, 1.54) is 5.56 Å². The fourth-order valence-electron chi connectivity index (χ4n) is 2.59. The first-order valence-electron chi connectivity index (χ1n) is 5.77. The molecular formula is C12H18N2O2. The SMILES string of the molecule is Cc1nn(C2CCCC2C(=O)O)c(C)c1C. The maximum absolute atomic E-state index is 11.1. The highest BCUT2D eigenvalue weighted by atomic mass is 16.4. The predicted octanol–water partition coefficient (Wildman–Crippen LogP) is 2.23. The first kappa shape index (κ1) is 11.2. The zero-order valence-corrected chi connectivity index (χ0v) is 10.0. The van der Waals surface area contributed by atoms with Gasteiger partial charge in [0.15, 0.2) is 0 Å². The number of aromatic nitrogens is 2. The second kappa shape index (κ2) is 3.92. The average molecular weight is 222 g/mol. The van der Waals surface area contributed by atoms with Gasteiger partial charge in [0.05, 0.1) is 17.7 Å². The first-order valence-corrected chi connectivity index (χ1v) is 5.77. The molecule has 1 aromatic heterocycles. The molecule has 1 heterocycles. The van der Waals surface area contributed by atoms with Gasteiger partial charge in [0.2, 0.25) is 0 Å². The van der Waals surface area contributed by atoms with Gasteiger partial charge in [-0.15, -0.1) is 0 Å². The van der Waals surface area contributed by atoms with Crippen LogP contribution in [0.1, 0.15) is 42.3 Å². The van der Waals surface area contributed by atoms with Crippen LogP contribution in [0.4, 0.5) is 0 Å². The topological polar surface area (TPSA) is 55.1 Å². The van der Waals surface area contributed by atoms with E-state index in [0.29, 0.717) is 0 Å². The number of aliphatic carboxylic acids is 1. The fraction of sp³-hybridized carbons (Fsp3) is 0.667. The van der Waals surface area contributed by atoms with Crippen LogP contribution in [-0.4, -0.2) is 20.9 Å². The number of rotatable bonds is 2. The molecule has 4 heteroatoms. The molecule has 1 N–H and O–H groups in total. The highest BCUT2D eigenvalue weighted by Gasteiger charge is 2.35. The maximum Gasteiger partial charge on any atom is 0.308 e. The number of carbonyl (C=O) groups is 1. The van der Waals surface area contributed by atoms with Crippen molar-refractivity contribution in [3.8, 4) is 0 Å². The Hall–Kier alpha value is -1.32. The van der Waals surface area contributed by atoms with Crippen molar-refractivity contribution in [1.82, 2.24) is 9.78 Å². The van der Waals surface area contributed by atoms with Crippen LogP contribution >= 0.6 is 0 Å². The van der Waals surface area contributed by atoms with Gasteiger partial charge in [-0.3, -0.25) is 9.48 Å². The summed E-state index contributed by atoms with van der Waals surface area (Å²) in [6, 6.07) is 0.0462. The summed E-state index contributed by atoms with van der Waals surface area (Å²) in [5.41, 5.74) is 3.29. The molecule has 0 aromatic carbocycles. The molecule has 2 unspecified atom stereocenters. The summed E-state index contributed by atoms with van der Waals surface area (Å²) in [6.07, 6.45) is 2.69. The highest BCUT2D eigenvalue weighted by molar-refractivity contribution is 5.71. The van der Waals surface area contributed by atoms with E-state index in [9.17, 15) is 9.90 Å². The number of carboxylic acid groups (broad SMARTS) is 1. The highest BCUT2D eigenvalue weighted by Crippen LogP contribution is 2.36. The third kappa shape index (κ3) is 1.62. The van der Waals surface area contributed by atoms with Crippen LogP contribution in [0.15, 0.2) is 0 Å². The van der Waals surface area contributed by atoms with Gasteiger partial charge < -0.3 is 5.11 Å². The molecule has 16 heavy (non-hydrogen) atoms. The molecule has 88 valence electrons. The molecule has 2 rings (SSSR count). The lowest BCUT2D eigenvalue weighted by atomic mass is 10.0. The molecule has 1 fully saturated rings. The molecule has 0 amide bonds. The van der Waals surface area contributed by atoms with Crippen LogP contribution < -0.4 is 0 Å². The number of hydrogen-bond donors (Lipinski definition) is 1. The minimum Gasteiger partial charge on any atom is -0.481 e. The molecule has 0 radical (unpaired) electrons. The van der Waals surface area contributed by atoms with E-state index < -0.39 is 5.97 Å². The average Bonchev–Trinajstić information content (AvgIpc) is 2.79. The van der Waals surface area contributed by atoms with Crippen LogP contribution in [0.3, 0.4) is 0 Å². The molecular weight excluding hydrogens is 204 g/mol. The second-order valence-corrected chi connectivity index (χ2v) is 4.68. The molecule has 1 aromatic rings. The van der Waals surface area contributed by atoms with Crippen molar-refractivity contribution in [2.24, 2.45) is 5.92 Å². The predicted molar refractivity (Wildman–Crippen MR) is 60.5 cm³/mol. The number of nitrogens with zero attached hydrogens (tertiary/aromatic N) is 2. The molecule has 0 aliphatic heterocycles. The molecule has 2 atom stereocenters. The summed E-state index contributed by atoms with van der Waals surface area (Å²) in [5.74, 6) is -0.954. The minimum absolute atomic E-state index is 0.0462. The van der Waals surface area contributed by atoms with Crippen molar-refractivity contribution in [1.29, 1.82) is 0 Å². The molecule has 1 saturated carbocycles. The maximum atomic E-state index is 11.1. The number of hydrogen-bond acceptors (Lipinski definition) is 2. The van der Waals surface area contributed by atoms with E-state index >= 15 is 0 Å². The summed E-state index contributed by atoms with van der Waals surface area (Å²) >= 11 is 0. The van der Waals surface area contributed by atoms with Gasteiger partial charge in [-0.1, -0.05) is 6.42 Å². The monoisotopic (exact) mass is 222 g/mol. The van der Waals surface area contributed by atoms with Crippen molar-refractivity contribution >= 4 is 5.97 Å². The van der Waals surface area contributed by atoms with E-state index in [0.717, 1.165) is 30.7 Å². The van der Waals surface area contributed by atoms with E-state index in [4.69, 9.17) is 0 Å². The van der Waals surface area contributed by atoms with Gasteiger partial charge in [-0.2, -0.15) is 5.10 Å². The Morgan fingerprint density at radius 2 is 2.06 bits per heavy atom. The smallest absolute Gasteiger partial charge is 0.308 e. The summed E-state index contributed by atoms with van der Waals surface area (Å²) in [6.45, 7) is 6.04. The minimum atomic E-state index is -0.687. The van der Waals surface area contributed by atoms with Crippen molar-refractivity contribution in [3.63, 3.8) is 0 Å². The molecule has 1 aliphatic rings. The van der Waals surface area contributed by atoms with Gasteiger partial charge in [0.1, 0.15) is 0 Å². The quantitative estimate of drug-likeness (QED) is 0.834. The van der Waals surface area contributed by atoms with Crippen LogP contribution in [-0.2, 0) is 4.79 Å². The molecule has 4 nitrogen and oxygen atoms in total. The lowest BCUT2D eigenvalue weighted by Gasteiger charge is -2.18. The standard InChI is InChI=1S/C12H18N2O2/c1-7-8(2)13-14(9(7)3)11-6-4-5-10(11)12(15)16/h10-11H,4-6H2,1-3H3,(H,15,16). The van der Waals surface area contributed by atoms with E-state index in [1.807, 2.05) is 25.5 Å². The molecule has 0 bridgehead atoms. The third-order valence-electron chi connectivity index (χ3n) is 3.80. The lowest BCUT2D eigenvalue weighted by Crippen LogP contribution is -2.23. The summed E-state index contributed by atoms with van der Waals surface area (Å²) in [5, 5.41) is 13.6. The van der Waals surface area contributed by atoms with Gasteiger partial charge in [-0.05, 0) is 39.2 Å². The van der Waals surface area contributed by atoms with E-state index in [1.54, 1.807) is 0 Å². The van der Waals surface area contributed by atoms with Gasteiger partial charge in [0.25, 0.3) is 0 Å². The Kier molecular flexibility index (Phi) is 2.74. The molecule has 1 aliphatic carbocycles. The number of carboxylic acids is 1. The Balaban J connectivity index is 2.36. The normalized spacial score (nSPS) is 24.9. The largest absolute Gasteiger partial charge is 0.481 e. The zero-order valence-electron chi connectivity index (χ0n) is 10.0. The van der Waals surface area contributed by atoms with Crippen molar-refractivity contribution in [2.45, 2.75) is 46.1 Å². The van der Waals surface area contributed by atoms with Crippen LogP contribution in [0.2, 0.25) is 0 Å². The number of aryl methyl sites for hydroxylation is 1. The van der Waals surface area contributed by atoms with Crippen molar-refractivity contribution < 1.29 is 9.90 Å². The van der Waals surface area contributed by atoms with Gasteiger partial charge in [-0.25, -0.2) is 0 Å². The summed E-state index contributed by atoms with van der Waals surface area (Å²) < 4.78 is 1.93. The van der Waals surface area contributed by atoms with Crippen LogP contribution in [0.25, 0.3) is 0 Å². The second-order valence-electron chi connectivity index (χ2n) is 4.68. The zero-order chi connectivity index (χ0) is 11.9. The first-order chi connectivity index (χ1) is 7.52. The lowest BCUT2D eigenvalue weighted by molar-refractivity contribution is -0.142. The van der Waals surface area contributed by atoms with Gasteiger partial charge in [0, 0.05) is 5.69 Å². The molecule has 0 saturated heterocycles. The van der Waals surface area contributed by atoms with Gasteiger partial charge >= 0.3 is 5.97 Å². The third-order valence-corrected chi connectivity index (χ3v) is 3.80. The Morgan fingerprint density at radius 1 is 1.38 bits per heavy atom.